The van der Waals surface area contributed by atoms with Gasteiger partial charge in [-0.1, -0.05) is 77.6 Å². The van der Waals surface area contributed by atoms with Crippen LogP contribution in [0.5, 0.6) is 0 Å². The van der Waals surface area contributed by atoms with E-state index in [0.29, 0.717) is 23.2 Å². The fourth-order valence-electron chi connectivity index (χ4n) is 4.71. The number of aliphatic imine (C=N–C) groups is 1. The molecule has 0 fully saturated rings. The van der Waals surface area contributed by atoms with E-state index in [4.69, 9.17) is 0 Å². The van der Waals surface area contributed by atoms with E-state index in [-0.39, 0.29) is 12.1 Å². The maximum absolute atomic E-state index is 13.7. The number of hydrogen-bond acceptors (Lipinski definition) is 6. The van der Waals surface area contributed by atoms with Gasteiger partial charge in [0.1, 0.15) is 6.04 Å². The Morgan fingerprint density at radius 3 is 2.29 bits per heavy atom. The average Bonchev–Trinajstić information content (AvgIpc) is 3.43. The number of halogens is 3. The molecule has 264 valence electrons. The lowest BCUT2D eigenvalue weighted by molar-refractivity contribution is -0.141. The van der Waals surface area contributed by atoms with Crippen LogP contribution >= 0.6 is 0 Å². The molecule has 2 heterocycles. The molecule has 4 rings (SSSR count). The molecule has 1 aliphatic heterocycles. The van der Waals surface area contributed by atoms with Crippen LogP contribution in [0.2, 0.25) is 0 Å². The van der Waals surface area contributed by atoms with Crippen molar-refractivity contribution in [3.8, 4) is 0 Å². The first kappa shape index (κ1) is 38.4. The van der Waals surface area contributed by atoms with Gasteiger partial charge in [-0.25, -0.2) is 4.79 Å². The van der Waals surface area contributed by atoms with Crippen LogP contribution < -0.4 is 16.0 Å². The summed E-state index contributed by atoms with van der Waals surface area (Å²) in [5, 5.41) is 20.1. The minimum absolute atomic E-state index is 0.0614. The minimum Gasteiger partial charge on any atom is -0.479 e. The van der Waals surface area contributed by atoms with Gasteiger partial charge in [-0.2, -0.15) is 13.2 Å². The molecule has 1 aliphatic rings. The number of nitrogens with zero attached hydrogens (tertiary/aromatic N) is 2. The molecule has 0 spiro atoms. The zero-order valence-corrected chi connectivity index (χ0v) is 28.9. The van der Waals surface area contributed by atoms with Gasteiger partial charge in [-0.3, -0.25) is 9.79 Å². The molecule has 2 unspecified atom stereocenters. The molecule has 3 aromatic rings. The third-order valence-corrected chi connectivity index (χ3v) is 8.19. The first-order valence-corrected chi connectivity index (χ1v) is 15.9. The molecule has 1 amide bonds. The number of amides is 1. The van der Waals surface area contributed by atoms with Crippen LogP contribution in [0.4, 0.5) is 13.2 Å². The van der Waals surface area contributed by atoms with Gasteiger partial charge in [0.25, 0.3) is 0 Å². The number of carbonyl (C=O) groups excluding carboxylic acids is 1. The fourth-order valence-corrected chi connectivity index (χ4v) is 4.71. The number of rotatable bonds is 12. The Morgan fingerprint density at radius 1 is 1.08 bits per heavy atom. The molecule has 0 radical (unpaired) electrons. The van der Waals surface area contributed by atoms with E-state index in [2.05, 4.69) is 66.8 Å². The molecule has 5 N–H and O–H groups in total. The fraction of sp³-hybridized carbons (Fsp3) is 0.378. The summed E-state index contributed by atoms with van der Waals surface area (Å²) in [5.74, 6) is -1.72. The van der Waals surface area contributed by atoms with Crippen molar-refractivity contribution in [3.63, 3.8) is 0 Å². The summed E-state index contributed by atoms with van der Waals surface area (Å²) in [6, 6.07) is 9.44. The van der Waals surface area contributed by atoms with Crippen LogP contribution in [-0.2, 0) is 22.2 Å². The molecule has 1 aromatic heterocycles. The van der Waals surface area contributed by atoms with Gasteiger partial charge < -0.3 is 30.9 Å². The summed E-state index contributed by atoms with van der Waals surface area (Å²) in [5.41, 5.74) is 1.80. The number of aromatic nitrogens is 1. The highest BCUT2D eigenvalue weighted by Crippen LogP contribution is 2.31. The van der Waals surface area contributed by atoms with Crippen molar-refractivity contribution in [1.82, 2.24) is 25.8 Å². The van der Waals surface area contributed by atoms with Crippen LogP contribution in [0.15, 0.2) is 96.7 Å². The summed E-state index contributed by atoms with van der Waals surface area (Å²) in [4.78, 5) is 34.5. The van der Waals surface area contributed by atoms with Crippen molar-refractivity contribution in [1.29, 1.82) is 0 Å². The summed E-state index contributed by atoms with van der Waals surface area (Å²) in [6.07, 6.45) is 3.09. The second kappa shape index (κ2) is 15.9. The quantitative estimate of drug-likeness (QED) is 0.137. The van der Waals surface area contributed by atoms with Crippen molar-refractivity contribution in [2.45, 2.75) is 78.2 Å². The normalized spacial score (nSPS) is 14.6. The number of carboxylic acid groups (broad SMARTS) is 1. The van der Waals surface area contributed by atoms with Crippen LogP contribution in [0.25, 0.3) is 10.9 Å². The smallest absolute Gasteiger partial charge is 0.416 e. The Balaban J connectivity index is 0.000000992. The molecule has 0 saturated carbocycles. The standard InChI is InChI=1S/C31H33F3N6O3.C6H14/c1-5-37-30(3,4)19(2)38-26(14-21-15-36-25-9-7-6-8-24(21)25)28(41)39-23-16-35-18-40(17-23)27(29(42)43)20-10-12-22(13-11-20)31(32,33)34;1-5-6(2,3)4/h5-13,15,17-18,26-27,36-38H,1-2,14,16H2,3-4H3,(H,39,41)(H,42,43);5H2,1-4H3. The largest absolute Gasteiger partial charge is 0.479 e. The SMILES string of the molecule is C=CNC(C)(C)C(=C)NC(Cc1c[nH]c2ccccc12)C(=O)NC1=CN(C(C(=O)O)c2ccc(C(F)(F)F)cc2)C=NC1.CCC(C)(C)C. The van der Waals surface area contributed by atoms with E-state index < -0.39 is 41.2 Å². The molecular formula is C37H47F3N6O3. The van der Waals surface area contributed by atoms with E-state index in [1.807, 2.05) is 44.3 Å². The second-order valence-electron chi connectivity index (χ2n) is 13.5. The average molecular weight is 681 g/mol. The van der Waals surface area contributed by atoms with Crippen LogP contribution in [0, 0.1) is 5.41 Å². The predicted octanol–water partition coefficient (Wildman–Crippen LogP) is 7.28. The summed E-state index contributed by atoms with van der Waals surface area (Å²) in [6.45, 7) is 20.6. The molecule has 2 aromatic carbocycles. The van der Waals surface area contributed by atoms with Crippen molar-refractivity contribution >= 4 is 29.1 Å². The minimum atomic E-state index is -4.55. The Morgan fingerprint density at radius 2 is 1.71 bits per heavy atom. The number of H-pyrrole nitrogens is 1. The topological polar surface area (TPSA) is 122 Å². The lowest BCUT2D eigenvalue weighted by atomic mass is 9.94. The summed E-state index contributed by atoms with van der Waals surface area (Å²) < 4.78 is 39.1. The lowest BCUT2D eigenvalue weighted by Gasteiger charge is -2.32. The van der Waals surface area contributed by atoms with Crippen molar-refractivity contribution in [2.75, 3.05) is 6.54 Å². The number of fused-ring (bicyclic) bond motifs is 1. The highest BCUT2D eigenvalue weighted by Gasteiger charge is 2.33. The number of nitrogens with one attached hydrogen (secondary N) is 4. The van der Waals surface area contributed by atoms with Gasteiger partial charge in [0.15, 0.2) is 6.04 Å². The molecule has 49 heavy (non-hydrogen) atoms. The van der Waals surface area contributed by atoms with Crippen LogP contribution in [-0.4, -0.2) is 51.3 Å². The maximum atomic E-state index is 13.7. The highest BCUT2D eigenvalue weighted by molar-refractivity contribution is 5.87. The Labute approximate surface area is 286 Å². The van der Waals surface area contributed by atoms with E-state index >= 15 is 0 Å². The van der Waals surface area contributed by atoms with Gasteiger partial charge in [-0.15, -0.1) is 0 Å². The number of carboxylic acids is 1. The number of carbonyl (C=O) groups is 2. The van der Waals surface area contributed by atoms with E-state index in [1.165, 1.54) is 30.1 Å². The molecule has 9 nitrogen and oxygen atoms in total. The first-order chi connectivity index (χ1) is 22.9. The molecular weight excluding hydrogens is 633 g/mol. The summed E-state index contributed by atoms with van der Waals surface area (Å²) in [7, 11) is 0. The zero-order valence-electron chi connectivity index (χ0n) is 28.9. The van der Waals surface area contributed by atoms with E-state index in [0.717, 1.165) is 40.7 Å². The van der Waals surface area contributed by atoms with Gasteiger partial charge in [-0.05, 0) is 54.8 Å². The first-order valence-electron chi connectivity index (χ1n) is 15.9. The predicted molar refractivity (Wildman–Crippen MR) is 188 cm³/mol. The number of para-hydroxylation sites is 1. The number of aromatic amines is 1. The van der Waals surface area contributed by atoms with Crippen molar-refractivity contribution in [3.05, 3.63) is 108 Å². The van der Waals surface area contributed by atoms with Gasteiger partial charge in [0.2, 0.25) is 5.91 Å². The van der Waals surface area contributed by atoms with Crippen LogP contribution in [0.1, 0.15) is 70.7 Å². The highest BCUT2D eigenvalue weighted by atomic mass is 19.4. The third kappa shape index (κ3) is 10.8. The molecule has 0 saturated heterocycles. The maximum Gasteiger partial charge on any atom is 0.416 e. The number of hydrogen-bond donors (Lipinski definition) is 5. The van der Waals surface area contributed by atoms with E-state index in [1.54, 1.807) is 0 Å². The second-order valence-corrected chi connectivity index (χ2v) is 13.5. The van der Waals surface area contributed by atoms with Crippen molar-refractivity contribution in [2.24, 2.45) is 10.4 Å². The van der Waals surface area contributed by atoms with Gasteiger partial charge >= 0.3 is 12.1 Å². The zero-order chi connectivity index (χ0) is 36.6. The number of aliphatic carboxylic acids is 1. The summed E-state index contributed by atoms with van der Waals surface area (Å²) >= 11 is 0. The molecule has 2 atom stereocenters. The number of alkyl halides is 3. The molecule has 0 aliphatic carbocycles. The van der Waals surface area contributed by atoms with E-state index in [9.17, 15) is 27.9 Å². The lowest BCUT2D eigenvalue weighted by Crippen LogP contribution is -2.51. The van der Waals surface area contributed by atoms with Gasteiger partial charge in [0, 0.05) is 35.4 Å². The Bertz CT molecular complexity index is 1680. The third-order valence-electron chi connectivity index (χ3n) is 8.19. The Kier molecular flexibility index (Phi) is 12.5. The monoisotopic (exact) mass is 680 g/mol. The number of benzene rings is 2. The molecule has 0 bridgehead atoms. The van der Waals surface area contributed by atoms with Crippen molar-refractivity contribution < 1.29 is 27.9 Å². The molecule has 12 heteroatoms. The van der Waals surface area contributed by atoms with Crippen LogP contribution in [0.3, 0.4) is 0 Å². The van der Waals surface area contributed by atoms with Gasteiger partial charge in [0.05, 0.1) is 29.7 Å². The Hall–Kier alpha value is -5.00.